The molecule has 0 N–H and O–H groups in total. The molecular formula is C16H9NO3. The Morgan fingerprint density at radius 2 is 1.85 bits per heavy atom. The van der Waals surface area contributed by atoms with E-state index >= 15 is 0 Å². The molecule has 0 unspecified atom stereocenters. The van der Waals surface area contributed by atoms with Gasteiger partial charge < -0.3 is 4.74 Å². The number of para-hydroxylation sites is 1. The van der Waals surface area contributed by atoms with E-state index in [1.807, 2.05) is 36.4 Å². The molecule has 2 aromatic carbocycles. The predicted molar refractivity (Wildman–Crippen MR) is 74.1 cm³/mol. The van der Waals surface area contributed by atoms with E-state index in [-0.39, 0.29) is 6.61 Å². The van der Waals surface area contributed by atoms with Crippen molar-refractivity contribution in [3.63, 3.8) is 0 Å². The van der Waals surface area contributed by atoms with Crippen LogP contribution in [0.15, 0.2) is 42.5 Å². The van der Waals surface area contributed by atoms with Crippen LogP contribution in [0.3, 0.4) is 0 Å². The predicted octanol–water partition coefficient (Wildman–Crippen LogP) is 2.53. The molecule has 0 atom stereocenters. The minimum absolute atomic E-state index is 0.182. The molecule has 20 heavy (non-hydrogen) atoms. The molecule has 0 radical (unpaired) electrons. The first-order valence-electron chi connectivity index (χ1n) is 6.27. The second kappa shape index (κ2) is 3.87. The molecule has 0 amide bonds. The van der Waals surface area contributed by atoms with Crippen LogP contribution in [0.1, 0.15) is 10.4 Å². The van der Waals surface area contributed by atoms with E-state index in [2.05, 4.69) is 4.98 Å². The van der Waals surface area contributed by atoms with Gasteiger partial charge in [-0.3, -0.25) is 9.59 Å². The Bertz CT molecular complexity index is 899. The molecule has 0 saturated carbocycles. The van der Waals surface area contributed by atoms with Crippen LogP contribution >= 0.6 is 0 Å². The van der Waals surface area contributed by atoms with Crippen LogP contribution in [-0.4, -0.2) is 23.2 Å². The summed E-state index contributed by atoms with van der Waals surface area (Å²) in [4.78, 5) is 28.2. The average Bonchev–Trinajstić information content (AvgIpc) is 2.48. The molecule has 0 spiro atoms. The van der Waals surface area contributed by atoms with Crippen LogP contribution < -0.4 is 4.74 Å². The number of pyridine rings is 1. The highest BCUT2D eigenvalue weighted by molar-refractivity contribution is 6.47. The van der Waals surface area contributed by atoms with Crippen LogP contribution in [0.5, 0.6) is 5.75 Å². The van der Waals surface area contributed by atoms with Gasteiger partial charge in [-0.05, 0) is 24.3 Å². The Morgan fingerprint density at radius 3 is 2.75 bits per heavy atom. The summed E-state index contributed by atoms with van der Waals surface area (Å²) < 4.78 is 5.33. The maximum absolute atomic E-state index is 12.1. The lowest BCUT2D eigenvalue weighted by Crippen LogP contribution is -2.27. The van der Waals surface area contributed by atoms with Gasteiger partial charge in [0.2, 0.25) is 11.6 Å². The number of benzene rings is 2. The average molecular weight is 263 g/mol. The van der Waals surface area contributed by atoms with Crippen molar-refractivity contribution in [2.75, 3.05) is 6.61 Å². The topological polar surface area (TPSA) is 56.3 Å². The van der Waals surface area contributed by atoms with E-state index in [4.69, 9.17) is 4.74 Å². The summed E-state index contributed by atoms with van der Waals surface area (Å²) in [7, 11) is 0. The summed E-state index contributed by atoms with van der Waals surface area (Å²) in [6, 6.07) is 13.1. The standard InChI is InChI=1S/C16H9NO3/c18-13-8-20-14-6-5-12-10(15(14)16(13)19)7-9-3-1-2-4-11(9)17-12/h1-7H,8H2. The first-order chi connectivity index (χ1) is 9.74. The van der Waals surface area contributed by atoms with Crippen LogP contribution in [0.4, 0.5) is 0 Å². The first-order valence-corrected chi connectivity index (χ1v) is 6.27. The Morgan fingerprint density at radius 1 is 1.00 bits per heavy atom. The van der Waals surface area contributed by atoms with E-state index < -0.39 is 11.6 Å². The van der Waals surface area contributed by atoms with Crippen LogP contribution in [0.2, 0.25) is 0 Å². The lowest BCUT2D eigenvalue weighted by molar-refractivity contribution is -0.117. The molecule has 0 fully saturated rings. The van der Waals surface area contributed by atoms with Crippen molar-refractivity contribution in [2.45, 2.75) is 0 Å². The van der Waals surface area contributed by atoms with Crippen molar-refractivity contribution in [3.05, 3.63) is 48.0 Å². The number of fused-ring (bicyclic) bond motifs is 4. The van der Waals surface area contributed by atoms with E-state index in [0.29, 0.717) is 22.2 Å². The molecular weight excluding hydrogens is 254 g/mol. The van der Waals surface area contributed by atoms with E-state index in [9.17, 15) is 9.59 Å². The SMILES string of the molecule is O=C1COc2ccc3nc4ccccc4cc3c2C1=O. The zero-order valence-corrected chi connectivity index (χ0v) is 10.4. The fourth-order valence-corrected chi connectivity index (χ4v) is 2.53. The third-order valence-corrected chi connectivity index (χ3v) is 3.50. The Hall–Kier alpha value is -2.75. The lowest BCUT2D eigenvalue weighted by Gasteiger charge is -2.17. The van der Waals surface area contributed by atoms with Crippen molar-refractivity contribution in [1.29, 1.82) is 0 Å². The van der Waals surface area contributed by atoms with E-state index in [1.165, 1.54) is 0 Å². The third-order valence-electron chi connectivity index (χ3n) is 3.50. The quantitative estimate of drug-likeness (QED) is 0.462. The molecule has 0 bridgehead atoms. The second-order valence-electron chi connectivity index (χ2n) is 4.73. The van der Waals surface area contributed by atoms with E-state index in [0.717, 1.165) is 10.9 Å². The van der Waals surface area contributed by atoms with E-state index in [1.54, 1.807) is 6.07 Å². The summed E-state index contributed by atoms with van der Waals surface area (Å²) in [5.41, 5.74) is 1.88. The number of ether oxygens (including phenoxy) is 1. The highest BCUT2D eigenvalue weighted by atomic mass is 16.5. The fraction of sp³-hybridized carbons (Fsp3) is 0.0625. The van der Waals surface area contributed by atoms with Gasteiger partial charge in [-0.2, -0.15) is 0 Å². The molecule has 1 aliphatic rings. The summed E-state index contributed by atoms with van der Waals surface area (Å²) in [6.45, 7) is -0.182. The Balaban J connectivity index is 2.14. The van der Waals surface area contributed by atoms with Gasteiger partial charge in [0.05, 0.1) is 16.6 Å². The molecule has 4 rings (SSSR count). The number of aromatic nitrogens is 1. The van der Waals surface area contributed by atoms with Crippen molar-refractivity contribution in [1.82, 2.24) is 4.98 Å². The highest BCUT2D eigenvalue weighted by Gasteiger charge is 2.28. The minimum Gasteiger partial charge on any atom is -0.485 e. The number of ketones is 2. The molecule has 0 aliphatic carbocycles. The van der Waals surface area contributed by atoms with Crippen molar-refractivity contribution in [2.24, 2.45) is 0 Å². The first kappa shape index (κ1) is 11.1. The number of hydrogen-bond acceptors (Lipinski definition) is 4. The molecule has 96 valence electrons. The number of carbonyl (C=O) groups is 2. The van der Waals surface area contributed by atoms with Gasteiger partial charge in [0.1, 0.15) is 5.75 Å². The molecule has 1 aliphatic heterocycles. The molecule has 1 aromatic heterocycles. The normalized spacial score (nSPS) is 14.4. The van der Waals surface area contributed by atoms with Gasteiger partial charge in [0.25, 0.3) is 0 Å². The lowest BCUT2D eigenvalue weighted by atomic mass is 9.98. The van der Waals surface area contributed by atoms with Crippen molar-refractivity contribution in [3.8, 4) is 5.75 Å². The zero-order valence-electron chi connectivity index (χ0n) is 10.4. The monoisotopic (exact) mass is 263 g/mol. The summed E-state index contributed by atoms with van der Waals surface area (Å²) >= 11 is 0. The minimum atomic E-state index is -0.516. The maximum Gasteiger partial charge on any atom is 0.240 e. The number of Topliss-reactive ketones (excluding diaryl/α,β-unsaturated/α-hetero) is 2. The summed E-state index contributed by atoms with van der Waals surface area (Å²) in [5, 5.41) is 1.60. The highest BCUT2D eigenvalue weighted by Crippen LogP contribution is 2.32. The number of nitrogens with zero attached hydrogens (tertiary/aromatic N) is 1. The number of rotatable bonds is 0. The molecule has 2 heterocycles. The van der Waals surface area contributed by atoms with Gasteiger partial charge in [-0.15, -0.1) is 0 Å². The number of carbonyl (C=O) groups excluding carboxylic acids is 2. The van der Waals surface area contributed by atoms with Crippen molar-refractivity contribution < 1.29 is 14.3 Å². The molecule has 0 saturated heterocycles. The largest absolute Gasteiger partial charge is 0.485 e. The molecule has 4 nitrogen and oxygen atoms in total. The van der Waals surface area contributed by atoms with Gasteiger partial charge in [-0.25, -0.2) is 4.98 Å². The van der Waals surface area contributed by atoms with Gasteiger partial charge in [-0.1, -0.05) is 18.2 Å². The second-order valence-corrected chi connectivity index (χ2v) is 4.73. The van der Waals surface area contributed by atoms with Gasteiger partial charge in [0.15, 0.2) is 6.61 Å². The summed E-state index contributed by atoms with van der Waals surface area (Å²) in [6.07, 6.45) is 0. The Labute approximate surface area is 114 Å². The van der Waals surface area contributed by atoms with Crippen LogP contribution in [0, 0.1) is 0 Å². The van der Waals surface area contributed by atoms with Crippen LogP contribution in [-0.2, 0) is 4.79 Å². The number of hydrogen-bond donors (Lipinski definition) is 0. The molecule has 4 heteroatoms. The van der Waals surface area contributed by atoms with Gasteiger partial charge in [0, 0.05) is 10.8 Å². The van der Waals surface area contributed by atoms with Gasteiger partial charge >= 0.3 is 0 Å². The maximum atomic E-state index is 12.1. The van der Waals surface area contributed by atoms with Crippen molar-refractivity contribution >= 4 is 33.4 Å². The summed E-state index contributed by atoms with van der Waals surface area (Å²) in [5.74, 6) is -0.550. The third kappa shape index (κ3) is 1.45. The molecule has 3 aromatic rings. The zero-order chi connectivity index (χ0) is 13.7. The smallest absolute Gasteiger partial charge is 0.240 e. The Kier molecular flexibility index (Phi) is 2.15. The van der Waals surface area contributed by atoms with Crippen LogP contribution in [0.25, 0.3) is 21.8 Å². The fourth-order valence-electron chi connectivity index (χ4n) is 2.53.